The molecule has 1 rings (SSSR count). The first-order valence-corrected chi connectivity index (χ1v) is 12.1. The lowest BCUT2D eigenvalue weighted by atomic mass is 9.73. The highest BCUT2D eigenvalue weighted by Gasteiger charge is 2.28. The van der Waals surface area contributed by atoms with Gasteiger partial charge in [-0.15, -0.1) is 0 Å². The Morgan fingerprint density at radius 2 is 1.76 bits per heavy atom. The third-order valence-electron chi connectivity index (χ3n) is 4.41. The summed E-state index contributed by atoms with van der Waals surface area (Å²) in [7, 11) is 3.27. The van der Waals surface area contributed by atoms with Crippen molar-refractivity contribution >= 4 is 33.6 Å². The molecule has 0 spiro atoms. The standard InChI is InChI=1S/C21H35N3O3S2/c1-20(2,10-11-22)14-21(3,4)15-24-18(25)9-12-28-29-17-7-5-16(6-8-17)13-27-19(23)26/h5-8H,9-15,22H2,1-4H3,(H2,23,26)(H,24,25). The molecule has 1 aromatic rings. The van der Waals surface area contributed by atoms with Gasteiger partial charge in [0.05, 0.1) is 0 Å². The molecule has 0 saturated heterocycles. The molecule has 5 N–H and O–H groups in total. The molecule has 0 heterocycles. The zero-order valence-electron chi connectivity index (χ0n) is 18.0. The number of ether oxygens (including phenoxy) is 1. The van der Waals surface area contributed by atoms with Crippen LogP contribution in [0.25, 0.3) is 0 Å². The van der Waals surface area contributed by atoms with Crippen LogP contribution in [0.1, 0.15) is 52.5 Å². The Morgan fingerprint density at radius 1 is 1.10 bits per heavy atom. The zero-order valence-corrected chi connectivity index (χ0v) is 19.6. The van der Waals surface area contributed by atoms with Gasteiger partial charge in [-0.2, -0.15) is 0 Å². The van der Waals surface area contributed by atoms with Gasteiger partial charge < -0.3 is 21.5 Å². The normalized spacial score (nSPS) is 11.9. The van der Waals surface area contributed by atoms with Crippen LogP contribution in [0.3, 0.4) is 0 Å². The molecule has 8 heteroatoms. The van der Waals surface area contributed by atoms with Gasteiger partial charge in [-0.25, -0.2) is 4.79 Å². The zero-order chi connectivity index (χ0) is 21.9. The van der Waals surface area contributed by atoms with Gasteiger partial charge >= 0.3 is 6.09 Å². The molecule has 1 aromatic carbocycles. The minimum Gasteiger partial charge on any atom is -0.445 e. The first-order chi connectivity index (χ1) is 13.5. The van der Waals surface area contributed by atoms with E-state index >= 15 is 0 Å². The van der Waals surface area contributed by atoms with Crippen LogP contribution in [0, 0.1) is 10.8 Å². The number of nitrogens with one attached hydrogen (secondary N) is 1. The van der Waals surface area contributed by atoms with Gasteiger partial charge in [0.15, 0.2) is 0 Å². The molecule has 0 aliphatic heterocycles. The number of carbonyl (C=O) groups is 2. The fourth-order valence-electron chi connectivity index (χ4n) is 3.30. The van der Waals surface area contributed by atoms with E-state index in [2.05, 4.69) is 33.0 Å². The Hall–Kier alpha value is -1.38. The van der Waals surface area contributed by atoms with Gasteiger partial charge in [0.2, 0.25) is 5.91 Å². The lowest BCUT2D eigenvalue weighted by Gasteiger charge is -2.35. The highest BCUT2D eigenvalue weighted by Crippen LogP contribution is 2.35. The Morgan fingerprint density at radius 3 is 2.34 bits per heavy atom. The van der Waals surface area contributed by atoms with Gasteiger partial charge in [0.25, 0.3) is 0 Å². The van der Waals surface area contributed by atoms with E-state index in [1.54, 1.807) is 21.6 Å². The molecule has 2 amide bonds. The Kier molecular flexibility index (Phi) is 10.9. The van der Waals surface area contributed by atoms with Crippen molar-refractivity contribution in [3.05, 3.63) is 29.8 Å². The van der Waals surface area contributed by atoms with Crippen molar-refractivity contribution in [3.63, 3.8) is 0 Å². The fraction of sp³-hybridized carbons (Fsp3) is 0.619. The molecule has 0 radical (unpaired) electrons. The summed E-state index contributed by atoms with van der Waals surface area (Å²) in [4.78, 5) is 23.9. The third kappa shape index (κ3) is 12.0. The number of benzene rings is 1. The van der Waals surface area contributed by atoms with Crippen molar-refractivity contribution in [2.75, 3.05) is 18.8 Å². The first kappa shape index (κ1) is 25.7. The average molecular weight is 442 g/mol. The van der Waals surface area contributed by atoms with E-state index < -0.39 is 6.09 Å². The van der Waals surface area contributed by atoms with Crippen LogP contribution in [-0.2, 0) is 16.1 Å². The molecule has 6 nitrogen and oxygen atoms in total. The van der Waals surface area contributed by atoms with Crippen molar-refractivity contribution in [1.82, 2.24) is 5.32 Å². The Bertz CT molecular complexity index is 649. The summed E-state index contributed by atoms with van der Waals surface area (Å²) in [6.45, 7) is 10.4. The van der Waals surface area contributed by atoms with Crippen molar-refractivity contribution in [2.45, 2.75) is 58.5 Å². The molecule has 0 atom stereocenters. The molecular weight excluding hydrogens is 406 g/mol. The smallest absolute Gasteiger partial charge is 0.404 e. The van der Waals surface area contributed by atoms with E-state index in [0.717, 1.165) is 29.1 Å². The largest absolute Gasteiger partial charge is 0.445 e. The topological polar surface area (TPSA) is 107 Å². The van der Waals surface area contributed by atoms with Crippen LogP contribution in [0.2, 0.25) is 0 Å². The van der Waals surface area contributed by atoms with E-state index in [0.29, 0.717) is 19.5 Å². The van der Waals surface area contributed by atoms with E-state index in [4.69, 9.17) is 16.2 Å². The second kappa shape index (κ2) is 12.3. The molecule has 0 aliphatic carbocycles. The minimum absolute atomic E-state index is 0.0379. The van der Waals surface area contributed by atoms with E-state index in [9.17, 15) is 9.59 Å². The van der Waals surface area contributed by atoms with Crippen molar-refractivity contribution < 1.29 is 14.3 Å². The van der Waals surface area contributed by atoms with Gasteiger partial charge in [-0.1, -0.05) is 61.4 Å². The maximum absolute atomic E-state index is 12.2. The number of amides is 2. The van der Waals surface area contributed by atoms with Gasteiger partial charge in [-0.05, 0) is 47.9 Å². The SMILES string of the molecule is CC(C)(CCN)CC(C)(C)CNC(=O)CCSSc1ccc(COC(N)=O)cc1. The Balaban J connectivity index is 2.26. The number of hydrogen-bond acceptors (Lipinski definition) is 6. The molecule has 0 fully saturated rings. The van der Waals surface area contributed by atoms with Crippen LogP contribution in [-0.4, -0.2) is 30.8 Å². The summed E-state index contributed by atoms with van der Waals surface area (Å²) >= 11 is 0. The molecule has 0 unspecified atom stereocenters. The van der Waals surface area contributed by atoms with Gasteiger partial charge in [0.1, 0.15) is 6.61 Å². The summed E-state index contributed by atoms with van der Waals surface area (Å²) in [5.41, 5.74) is 11.8. The van der Waals surface area contributed by atoms with Crippen LogP contribution in [0.5, 0.6) is 0 Å². The van der Waals surface area contributed by atoms with E-state index in [1.165, 1.54) is 0 Å². The predicted molar refractivity (Wildman–Crippen MR) is 123 cm³/mol. The first-order valence-electron chi connectivity index (χ1n) is 9.80. The second-order valence-electron chi connectivity index (χ2n) is 8.73. The lowest BCUT2D eigenvalue weighted by molar-refractivity contribution is -0.121. The second-order valence-corrected chi connectivity index (χ2v) is 11.2. The maximum Gasteiger partial charge on any atom is 0.404 e. The molecular formula is C21H35N3O3S2. The number of hydrogen-bond donors (Lipinski definition) is 3. The number of primary amides is 1. The van der Waals surface area contributed by atoms with Crippen molar-refractivity contribution in [2.24, 2.45) is 22.3 Å². The summed E-state index contributed by atoms with van der Waals surface area (Å²) < 4.78 is 4.75. The van der Waals surface area contributed by atoms with E-state index in [1.807, 2.05) is 24.3 Å². The van der Waals surface area contributed by atoms with Gasteiger partial charge in [0, 0.05) is 23.6 Å². The van der Waals surface area contributed by atoms with Gasteiger partial charge in [-0.3, -0.25) is 4.79 Å². The molecule has 0 aliphatic rings. The summed E-state index contributed by atoms with van der Waals surface area (Å²) in [6.07, 6.45) is 1.71. The summed E-state index contributed by atoms with van der Waals surface area (Å²) in [5.74, 6) is 0.823. The average Bonchev–Trinajstić information content (AvgIpc) is 2.62. The molecule has 164 valence electrons. The van der Waals surface area contributed by atoms with Crippen LogP contribution < -0.4 is 16.8 Å². The highest BCUT2D eigenvalue weighted by molar-refractivity contribution is 8.76. The van der Waals surface area contributed by atoms with Crippen LogP contribution in [0.4, 0.5) is 4.79 Å². The molecule has 0 aromatic heterocycles. The van der Waals surface area contributed by atoms with Crippen LogP contribution >= 0.6 is 21.6 Å². The minimum atomic E-state index is -0.778. The monoisotopic (exact) mass is 441 g/mol. The van der Waals surface area contributed by atoms with Crippen LogP contribution in [0.15, 0.2) is 29.2 Å². The summed E-state index contributed by atoms with van der Waals surface area (Å²) in [6, 6.07) is 7.71. The van der Waals surface area contributed by atoms with Crippen molar-refractivity contribution in [3.8, 4) is 0 Å². The van der Waals surface area contributed by atoms with E-state index in [-0.39, 0.29) is 23.3 Å². The molecule has 29 heavy (non-hydrogen) atoms. The molecule has 0 bridgehead atoms. The maximum atomic E-state index is 12.2. The third-order valence-corrected chi connectivity index (χ3v) is 6.80. The van der Waals surface area contributed by atoms with Crippen molar-refractivity contribution in [1.29, 1.82) is 0 Å². The predicted octanol–water partition coefficient (Wildman–Crippen LogP) is 4.32. The lowest BCUT2D eigenvalue weighted by Crippen LogP contribution is -2.37. The highest BCUT2D eigenvalue weighted by atomic mass is 33.1. The number of rotatable bonds is 13. The Labute approximate surface area is 182 Å². The summed E-state index contributed by atoms with van der Waals surface area (Å²) in [5, 5.41) is 3.07. The molecule has 0 saturated carbocycles. The number of nitrogens with two attached hydrogens (primary N) is 2. The number of carbonyl (C=O) groups excluding carboxylic acids is 2. The quantitative estimate of drug-likeness (QED) is 0.311. The fourth-order valence-corrected chi connectivity index (χ4v) is 5.28.